The summed E-state index contributed by atoms with van der Waals surface area (Å²) in [5.41, 5.74) is 2.88. The van der Waals surface area contributed by atoms with Crippen LogP contribution in [0, 0.1) is 0 Å². The molecule has 2 aromatic heterocycles. The zero-order valence-electron chi connectivity index (χ0n) is 16.3. The molecule has 1 aromatic carbocycles. The average molecular weight is 380 g/mol. The fraction of sp³-hybridized carbons (Fsp3) is 0.381. The van der Waals surface area contributed by atoms with Crippen LogP contribution < -0.4 is 0 Å². The number of nitrogens with one attached hydrogen (secondary N) is 1. The lowest BCUT2D eigenvalue weighted by atomic mass is 10.0. The van der Waals surface area contributed by atoms with Crippen molar-refractivity contribution in [3.05, 3.63) is 48.3 Å². The van der Waals surface area contributed by atoms with Crippen LogP contribution in [0.25, 0.3) is 22.6 Å². The molecule has 1 aliphatic rings. The number of aromatic amines is 1. The van der Waals surface area contributed by atoms with Crippen LogP contribution in [0.5, 0.6) is 0 Å². The topological polar surface area (TPSA) is 84.2 Å². The van der Waals surface area contributed by atoms with Crippen molar-refractivity contribution >= 4 is 6.09 Å². The van der Waals surface area contributed by atoms with Gasteiger partial charge >= 0.3 is 6.09 Å². The summed E-state index contributed by atoms with van der Waals surface area (Å²) in [6.45, 7) is 6.27. The number of ether oxygens (including phenoxy) is 1. The van der Waals surface area contributed by atoms with Gasteiger partial charge < -0.3 is 9.26 Å². The van der Waals surface area contributed by atoms with Crippen molar-refractivity contribution < 1.29 is 14.1 Å². The first kappa shape index (κ1) is 18.3. The predicted octanol–water partition coefficient (Wildman–Crippen LogP) is 4.80. The third-order valence-corrected chi connectivity index (χ3v) is 4.73. The maximum atomic E-state index is 12.6. The molecule has 1 atom stereocenters. The first-order valence-electron chi connectivity index (χ1n) is 9.48. The minimum atomic E-state index is -0.531. The van der Waals surface area contributed by atoms with E-state index in [1.54, 1.807) is 11.1 Å². The lowest BCUT2D eigenvalue weighted by Crippen LogP contribution is -2.36. The highest BCUT2D eigenvalue weighted by Crippen LogP contribution is 2.38. The van der Waals surface area contributed by atoms with Gasteiger partial charge in [-0.05, 0) is 33.6 Å². The van der Waals surface area contributed by atoms with Gasteiger partial charge in [0.1, 0.15) is 11.3 Å². The fourth-order valence-corrected chi connectivity index (χ4v) is 3.50. The molecular formula is C21H24N4O3. The first-order chi connectivity index (χ1) is 13.4. The van der Waals surface area contributed by atoms with E-state index in [4.69, 9.17) is 9.26 Å². The number of amides is 1. The fourth-order valence-electron chi connectivity index (χ4n) is 3.50. The Hall–Kier alpha value is -3.09. The van der Waals surface area contributed by atoms with Gasteiger partial charge in [0.05, 0.1) is 23.5 Å². The lowest BCUT2D eigenvalue weighted by molar-refractivity contribution is 0.0222. The number of hydrogen-bond donors (Lipinski definition) is 1. The molecule has 0 bridgehead atoms. The van der Waals surface area contributed by atoms with Crippen molar-refractivity contribution in [1.29, 1.82) is 0 Å². The normalized spacial score (nSPS) is 17.1. The Kier molecular flexibility index (Phi) is 4.66. The molecule has 7 nitrogen and oxygen atoms in total. The van der Waals surface area contributed by atoms with Crippen LogP contribution in [-0.2, 0) is 4.74 Å². The van der Waals surface area contributed by atoms with Gasteiger partial charge in [-0.3, -0.25) is 10.00 Å². The Morgan fingerprint density at radius 1 is 1.29 bits per heavy atom. The van der Waals surface area contributed by atoms with Crippen molar-refractivity contribution in [2.24, 2.45) is 0 Å². The number of carbonyl (C=O) groups is 1. The number of H-pyrrole nitrogens is 1. The molecule has 1 amide bonds. The number of hydrogen-bond acceptors (Lipinski definition) is 5. The highest BCUT2D eigenvalue weighted by molar-refractivity contribution is 5.71. The second kappa shape index (κ2) is 7.14. The summed E-state index contributed by atoms with van der Waals surface area (Å²) in [7, 11) is 0. The van der Waals surface area contributed by atoms with E-state index in [0.717, 1.165) is 35.4 Å². The van der Waals surface area contributed by atoms with Crippen LogP contribution in [0.3, 0.4) is 0 Å². The van der Waals surface area contributed by atoms with Crippen molar-refractivity contribution in [3.8, 4) is 22.6 Å². The van der Waals surface area contributed by atoms with Crippen molar-refractivity contribution in [2.75, 3.05) is 6.54 Å². The zero-order valence-corrected chi connectivity index (χ0v) is 16.3. The molecule has 0 saturated carbocycles. The van der Waals surface area contributed by atoms with Crippen LogP contribution in [0.4, 0.5) is 4.79 Å². The van der Waals surface area contributed by atoms with Crippen LogP contribution in [0.1, 0.15) is 45.3 Å². The summed E-state index contributed by atoms with van der Waals surface area (Å²) >= 11 is 0. The monoisotopic (exact) mass is 380 g/mol. The van der Waals surface area contributed by atoms with Crippen molar-refractivity contribution in [1.82, 2.24) is 20.3 Å². The van der Waals surface area contributed by atoms with E-state index in [-0.39, 0.29) is 12.1 Å². The molecule has 0 spiro atoms. The molecule has 146 valence electrons. The summed E-state index contributed by atoms with van der Waals surface area (Å²) < 4.78 is 11.2. The lowest BCUT2D eigenvalue weighted by Gasteiger charge is -2.28. The van der Waals surface area contributed by atoms with E-state index < -0.39 is 5.60 Å². The molecule has 1 unspecified atom stereocenters. The van der Waals surface area contributed by atoms with Gasteiger partial charge in [-0.1, -0.05) is 35.5 Å². The van der Waals surface area contributed by atoms with Gasteiger partial charge in [0.2, 0.25) is 0 Å². The quantitative estimate of drug-likeness (QED) is 0.705. The molecule has 3 heterocycles. The minimum Gasteiger partial charge on any atom is -0.444 e. The number of aromatic nitrogens is 3. The van der Waals surface area contributed by atoms with E-state index in [9.17, 15) is 4.79 Å². The van der Waals surface area contributed by atoms with Gasteiger partial charge in [0, 0.05) is 18.2 Å². The van der Waals surface area contributed by atoms with E-state index >= 15 is 0 Å². The molecule has 1 aliphatic heterocycles. The molecule has 28 heavy (non-hydrogen) atoms. The molecule has 4 rings (SSSR count). The SMILES string of the molecule is CC(C)(C)OC(=O)N1CCCC1c1[nH]ncc1-c1cc(-c2ccccc2)no1. The van der Waals surface area contributed by atoms with Gasteiger partial charge in [-0.15, -0.1) is 0 Å². The molecular weight excluding hydrogens is 356 g/mol. The highest BCUT2D eigenvalue weighted by Gasteiger charge is 2.36. The molecule has 0 radical (unpaired) electrons. The predicted molar refractivity (Wildman–Crippen MR) is 104 cm³/mol. The molecule has 1 saturated heterocycles. The van der Waals surface area contributed by atoms with E-state index in [1.807, 2.05) is 57.2 Å². The maximum absolute atomic E-state index is 12.6. The summed E-state index contributed by atoms with van der Waals surface area (Å²) in [4.78, 5) is 14.4. The Balaban J connectivity index is 1.61. The van der Waals surface area contributed by atoms with E-state index in [1.165, 1.54) is 0 Å². The highest BCUT2D eigenvalue weighted by atomic mass is 16.6. The summed E-state index contributed by atoms with van der Waals surface area (Å²) in [6.07, 6.45) is 3.16. The van der Waals surface area contributed by atoms with Crippen molar-refractivity contribution in [3.63, 3.8) is 0 Å². The molecule has 7 heteroatoms. The zero-order chi connectivity index (χ0) is 19.7. The van der Waals surface area contributed by atoms with Gasteiger partial charge in [-0.2, -0.15) is 5.10 Å². The Labute approximate surface area is 163 Å². The van der Waals surface area contributed by atoms with Crippen LogP contribution in [0.2, 0.25) is 0 Å². The van der Waals surface area contributed by atoms with Crippen LogP contribution in [0.15, 0.2) is 47.1 Å². The minimum absolute atomic E-state index is 0.127. The standard InChI is InChI=1S/C21H24N4O3/c1-21(2,3)27-20(26)25-11-7-10-17(25)19-15(13-22-23-19)18-12-16(24-28-18)14-8-5-4-6-9-14/h4-6,8-9,12-13,17H,7,10-11H2,1-3H3,(H,22,23). The second-order valence-corrected chi connectivity index (χ2v) is 7.97. The largest absolute Gasteiger partial charge is 0.444 e. The number of likely N-dealkylation sites (tertiary alicyclic amines) is 1. The Bertz CT molecular complexity index is 955. The van der Waals surface area contributed by atoms with Crippen LogP contribution >= 0.6 is 0 Å². The average Bonchev–Trinajstić information content (AvgIpc) is 3.39. The van der Waals surface area contributed by atoms with Crippen molar-refractivity contribution in [2.45, 2.75) is 45.3 Å². The molecule has 0 aliphatic carbocycles. The second-order valence-electron chi connectivity index (χ2n) is 7.97. The maximum Gasteiger partial charge on any atom is 0.410 e. The van der Waals surface area contributed by atoms with E-state index in [0.29, 0.717) is 12.3 Å². The Morgan fingerprint density at radius 3 is 2.82 bits per heavy atom. The van der Waals surface area contributed by atoms with Gasteiger partial charge in [0.25, 0.3) is 0 Å². The summed E-state index contributed by atoms with van der Waals surface area (Å²) in [5.74, 6) is 0.624. The molecule has 1 N–H and O–H groups in total. The van der Waals surface area contributed by atoms with Crippen LogP contribution in [-0.4, -0.2) is 38.5 Å². The molecule has 1 fully saturated rings. The number of rotatable bonds is 3. The summed E-state index contributed by atoms with van der Waals surface area (Å²) in [5, 5.41) is 11.4. The molecule has 3 aromatic rings. The third kappa shape index (κ3) is 3.65. The van der Waals surface area contributed by atoms with Gasteiger partial charge in [-0.25, -0.2) is 4.79 Å². The Morgan fingerprint density at radius 2 is 2.07 bits per heavy atom. The number of benzene rings is 1. The first-order valence-corrected chi connectivity index (χ1v) is 9.48. The van der Waals surface area contributed by atoms with Gasteiger partial charge in [0.15, 0.2) is 5.76 Å². The van der Waals surface area contributed by atoms with E-state index in [2.05, 4.69) is 15.4 Å². The number of nitrogens with zero attached hydrogens (tertiary/aromatic N) is 3. The smallest absolute Gasteiger partial charge is 0.410 e. The third-order valence-electron chi connectivity index (χ3n) is 4.73. The summed E-state index contributed by atoms with van der Waals surface area (Å²) in [6, 6.07) is 11.6. The number of carbonyl (C=O) groups excluding carboxylic acids is 1.